The molecule has 6 heteroatoms. The second kappa shape index (κ2) is 2.78. The van der Waals surface area contributed by atoms with Crippen LogP contribution < -0.4 is 0 Å². The highest BCUT2D eigenvalue weighted by Crippen LogP contribution is 2.72. The third-order valence-corrected chi connectivity index (χ3v) is 7.01. The fourth-order valence-electron chi connectivity index (χ4n) is 1.82. The van der Waals surface area contributed by atoms with E-state index < -0.39 is 14.1 Å². The molecule has 2 atom stereocenters. The first-order chi connectivity index (χ1) is 5.77. The lowest BCUT2D eigenvalue weighted by atomic mass is 10.1. The molecule has 2 bridgehead atoms. The van der Waals surface area contributed by atoms with E-state index in [9.17, 15) is 0 Å². The summed E-state index contributed by atoms with van der Waals surface area (Å²) in [6, 6.07) is 0. The van der Waals surface area contributed by atoms with Gasteiger partial charge in [0.25, 0.3) is 0 Å². The van der Waals surface area contributed by atoms with Crippen molar-refractivity contribution in [1.29, 1.82) is 0 Å². The van der Waals surface area contributed by atoms with Crippen LogP contribution in [0.2, 0.25) is 0 Å². The highest BCUT2D eigenvalue weighted by atomic mass is 35.5. The van der Waals surface area contributed by atoms with Gasteiger partial charge in [-0.15, -0.1) is 23.2 Å². The predicted octanol–water partition coefficient (Wildman–Crippen LogP) is 4.61. The summed E-state index contributed by atoms with van der Waals surface area (Å²) < 4.78 is -1.32. The molecule has 1 fully saturated rings. The van der Waals surface area contributed by atoms with Crippen molar-refractivity contribution >= 4 is 69.6 Å². The summed E-state index contributed by atoms with van der Waals surface area (Å²) in [5.74, 6) is 0. The van der Waals surface area contributed by atoms with Crippen molar-refractivity contribution in [3.63, 3.8) is 0 Å². The van der Waals surface area contributed by atoms with Crippen LogP contribution >= 0.6 is 69.6 Å². The summed E-state index contributed by atoms with van der Waals surface area (Å²) in [4.78, 5) is -2.03. The van der Waals surface area contributed by atoms with E-state index in [0.717, 1.165) is 0 Å². The number of alkyl halides is 4. The Labute approximate surface area is 106 Å². The third kappa shape index (κ3) is 0.984. The van der Waals surface area contributed by atoms with Gasteiger partial charge in [0, 0.05) is 0 Å². The molecule has 2 aliphatic rings. The Kier molecular flexibility index (Phi) is 2.35. The van der Waals surface area contributed by atoms with E-state index in [4.69, 9.17) is 69.6 Å². The van der Waals surface area contributed by atoms with Crippen molar-refractivity contribution < 1.29 is 0 Å². The van der Waals surface area contributed by atoms with Crippen LogP contribution in [0.5, 0.6) is 0 Å². The fraction of sp³-hybridized carbons (Fsp3) is 0.714. The van der Waals surface area contributed by atoms with Crippen molar-refractivity contribution in [3.05, 3.63) is 10.1 Å². The van der Waals surface area contributed by atoms with Gasteiger partial charge in [0.1, 0.15) is 9.75 Å². The SMILES string of the molecule is ClC1=C(Cl)[C@@]2(Cl)CC[C@]1(Cl)C2(Cl)Cl. The summed E-state index contributed by atoms with van der Waals surface area (Å²) in [6.45, 7) is 0. The second-order valence-electron chi connectivity index (χ2n) is 3.30. The minimum Gasteiger partial charge on any atom is -0.110 e. The lowest BCUT2D eigenvalue weighted by molar-refractivity contribution is 0.683. The quantitative estimate of drug-likeness (QED) is 0.573. The van der Waals surface area contributed by atoms with Crippen LogP contribution in [0, 0.1) is 0 Å². The minimum atomic E-state index is -1.32. The van der Waals surface area contributed by atoms with Gasteiger partial charge in [0.15, 0.2) is 4.33 Å². The van der Waals surface area contributed by atoms with Crippen molar-refractivity contribution in [2.24, 2.45) is 0 Å². The molecule has 0 N–H and O–H groups in total. The van der Waals surface area contributed by atoms with Gasteiger partial charge in [-0.25, -0.2) is 0 Å². The highest BCUT2D eigenvalue weighted by Gasteiger charge is 2.74. The molecule has 0 unspecified atom stereocenters. The van der Waals surface area contributed by atoms with Crippen LogP contribution in [-0.2, 0) is 0 Å². The first-order valence-corrected chi connectivity index (χ1v) is 5.86. The number of allylic oxidation sites excluding steroid dienone is 2. The maximum Gasteiger partial charge on any atom is 0.166 e. The Morgan fingerprint density at radius 3 is 1.23 bits per heavy atom. The smallest absolute Gasteiger partial charge is 0.110 e. The molecule has 0 saturated heterocycles. The van der Waals surface area contributed by atoms with Crippen molar-refractivity contribution in [1.82, 2.24) is 0 Å². The molecule has 13 heavy (non-hydrogen) atoms. The second-order valence-corrected chi connectivity index (χ2v) is 6.68. The molecule has 74 valence electrons. The summed E-state index contributed by atoms with van der Waals surface area (Å²) in [7, 11) is 0. The summed E-state index contributed by atoms with van der Waals surface area (Å²) >= 11 is 36.5. The van der Waals surface area contributed by atoms with E-state index in [0.29, 0.717) is 12.8 Å². The standard InChI is InChI=1S/C7H4Cl6/c8-3-4(9)6(11)2-1-5(3,10)7(6,12)13/h1-2H2/t5-,6+. The van der Waals surface area contributed by atoms with Crippen molar-refractivity contribution in [3.8, 4) is 0 Å². The van der Waals surface area contributed by atoms with Gasteiger partial charge < -0.3 is 0 Å². The molecule has 2 rings (SSSR count). The van der Waals surface area contributed by atoms with Crippen LogP contribution in [0.15, 0.2) is 10.1 Å². The van der Waals surface area contributed by atoms with Gasteiger partial charge in [-0.3, -0.25) is 0 Å². The number of halogens is 6. The van der Waals surface area contributed by atoms with Gasteiger partial charge in [0.2, 0.25) is 0 Å². The van der Waals surface area contributed by atoms with E-state index in [1.807, 2.05) is 0 Å². The van der Waals surface area contributed by atoms with Gasteiger partial charge >= 0.3 is 0 Å². The maximum absolute atomic E-state index is 6.20. The van der Waals surface area contributed by atoms with Crippen molar-refractivity contribution in [2.75, 3.05) is 0 Å². The molecule has 1 saturated carbocycles. The average Bonchev–Trinajstić information content (AvgIpc) is 2.28. The largest absolute Gasteiger partial charge is 0.166 e. The maximum atomic E-state index is 6.20. The van der Waals surface area contributed by atoms with Gasteiger partial charge in [0.05, 0.1) is 10.1 Å². The average molecular weight is 301 g/mol. The Hall–Kier alpha value is 1.48. The van der Waals surface area contributed by atoms with E-state index in [1.54, 1.807) is 0 Å². The molecule has 0 aromatic carbocycles. The van der Waals surface area contributed by atoms with Crippen LogP contribution in [0.25, 0.3) is 0 Å². The van der Waals surface area contributed by atoms with Gasteiger partial charge in [-0.1, -0.05) is 46.4 Å². The van der Waals surface area contributed by atoms with Crippen LogP contribution in [0.3, 0.4) is 0 Å². The van der Waals surface area contributed by atoms with E-state index in [2.05, 4.69) is 0 Å². The molecule has 0 radical (unpaired) electrons. The summed E-state index contributed by atoms with van der Waals surface area (Å²) in [6.07, 6.45) is 1.08. The predicted molar refractivity (Wildman–Crippen MR) is 59.6 cm³/mol. The minimum absolute atomic E-state index is 0.280. The molecule has 2 aliphatic carbocycles. The van der Waals surface area contributed by atoms with E-state index >= 15 is 0 Å². The Morgan fingerprint density at radius 2 is 1.08 bits per heavy atom. The van der Waals surface area contributed by atoms with Crippen LogP contribution in [0.4, 0.5) is 0 Å². The summed E-state index contributed by atoms with van der Waals surface area (Å²) in [5.41, 5.74) is 0. The lowest BCUT2D eigenvalue weighted by Gasteiger charge is -2.30. The Morgan fingerprint density at radius 1 is 0.769 bits per heavy atom. The lowest BCUT2D eigenvalue weighted by Crippen LogP contribution is -2.42. The molecular formula is C7H4Cl6. The van der Waals surface area contributed by atoms with Gasteiger partial charge in [-0.2, -0.15) is 0 Å². The molecule has 0 spiro atoms. The topological polar surface area (TPSA) is 0 Å². The van der Waals surface area contributed by atoms with Crippen molar-refractivity contribution in [2.45, 2.75) is 26.9 Å². The van der Waals surface area contributed by atoms with E-state index in [1.165, 1.54) is 0 Å². The summed E-state index contributed by atoms with van der Waals surface area (Å²) in [5, 5.41) is 0.559. The third-order valence-electron chi connectivity index (χ3n) is 2.70. The molecule has 0 amide bonds. The number of hydrogen-bond acceptors (Lipinski definition) is 0. The molecule has 0 aromatic heterocycles. The zero-order valence-electron chi connectivity index (χ0n) is 6.18. The molecule has 0 heterocycles. The van der Waals surface area contributed by atoms with Crippen LogP contribution in [-0.4, -0.2) is 14.1 Å². The normalized spacial score (nSPS) is 47.5. The fourth-order valence-corrected chi connectivity index (χ4v) is 4.41. The molecule has 0 aliphatic heterocycles. The van der Waals surface area contributed by atoms with E-state index in [-0.39, 0.29) is 10.1 Å². The number of fused-ring (bicyclic) bond motifs is 2. The zero-order valence-corrected chi connectivity index (χ0v) is 10.7. The monoisotopic (exact) mass is 298 g/mol. The molecular weight excluding hydrogens is 297 g/mol. The number of rotatable bonds is 0. The number of hydrogen-bond donors (Lipinski definition) is 0. The van der Waals surface area contributed by atoms with Gasteiger partial charge in [-0.05, 0) is 12.8 Å². The molecule has 0 aromatic rings. The zero-order chi connectivity index (χ0) is 10.1. The first-order valence-electron chi connectivity index (χ1n) is 3.59. The Balaban J connectivity index is 2.67. The first kappa shape index (κ1) is 11.0. The van der Waals surface area contributed by atoms with Crippen LogP contribution in [0.1, 0.15) is 12.8 Å². The molecule has 0 nitrogen and oxygen atoms in total. The Bertz CT molecular complexity index is 280. The highest BCUT2D eigenvalue weighted by molar-refractivity contribution is 6.65.